The van der Waals surface area contributed by atoms with Gasteiger partial charge >= 0.3 is 5.97 Å². The number of carbonyl (C=O) groups is 4. The summed E-state index contributed by atoms with van der Waals surface area (Å²) in [6.45, 7) is 4.16. The van der Waals surface area contributed by atoms with Gasteiger partial charge in [-0.1, -0.05) is 20.3 Å². The number of nitrogens with two attached hydrogens (primary N) is 2. The molecule has 12 heteroatoms. The van der Waals surface area contributed by atoms with Crippen molar-refractivity contribution in [1.82, 2.24) is 16.0 Å². The van der Waals surface area contributed by atoms with E-state index in [1.165, 1.54) is 6.92 Å². The van der Waals surface area contributed by atoms with Gasteiger partial charge in [0.1, 0.15) is 18.1 Å². The topological polar surface area (TPSA) is 217 Å². The van der Waals surface area contributed by atoms with E-state index in [1.54, 1.807) is 13.8 Å². The number of hydrogen-bond donors (Lipinski definition) is 8. The summed E-state index contributed by atoms with van der Waals surface area (Å²) in [5, 5.41) is 34.8. The van der Waals surface area contributed by atoms with Gasteiger partial charge in [0, 0.05) is 0 Å². The Morgan fingerprint density at radius 1 is 0.900 bits per heavy atom. The first-order valence-electron chi connectivity index (χ1n) is 9.84. The zero-order valence-electron chi connectivity index (χ0n) is 17.6. The molecule has 12 nitrogen and oxygen atoms in total. The summed E-state index contributed by atoms with van der Waals surface area (Å²) >= 11 is 0. The summed E-state index contributed by atoms with van der Waals surface area (Å²) in [7, 11) is 0. The summed E-state index contributed by atoms with van der Waals surface area (Å²) in [5.41, 5.74) is 11.2. The molecule has 5 unspecified atom stereocenters. The highest BCUT2D eigenvalue weighted by Gasteiger charge is 2.33. The highest BCUT2D eigenvalue weighted by atomic mass is 16.4. The number of unbranched alkanes of at least 4 members (excludes halogenated alkanes) is 1. The van der Waals surface area contributed by atoms with Crippen LogP contribution in [0.1, 0.15) is 40.0 Å². The number of carboxylic acid groups (broad SMARTS) is 1. The normalized spacial score (nSPS) is 16.1. The lowest BCUT2D eigenvalue weighted by molar-refractivity contribution is -0.143. The second-order valence-corrected chi connectivity index (χ2v) is 7.43. The molecule has 0 rings (SSSR count). The Labute approximate surface area is 175 Å². The molecule has 0 aromatic rings. The molecule has 0 fully saturated rings. The van der Waals surface area contributed by atoms with E-state index in [0.717, 1.165) is 0 Å². The molecule has 0 aromatic heterocycles. The van der Waals surface area contributed by atoms with Crippen molar-refractivity contribution < 1.29 is 34.5 Å². The average molecular weight is 434 g/mol. The number of aliphatic carboxylic acids is 1. The molecule has 0 saturated heterocycles. The summed E-state index contributed by atoms with van der Waals surface area (Å²) in [5.74, 6) is -4.18. The number of nitrogens with one attached hydrogen (secondary N) is 3. The van der Waals surface area contributed by atoms with Crippen LogP contribution in [0, 0.1) is 5.92 Å². The second-order valence-electron chi connectivity index (χ2n) is 7.43. The maximum Gasteiger partial charge on any atom is 0.328 e. The van der Waals surface area contributed by atoms with E-state index in [4.69, 9.17) is 21.7 Å². The molecule has 0 bridgehead atoms. The van der Waals surface area contributed by atoms with E-state index in [2.05, 4.69) is 16.0 Å². The van der Waals surface area contributed by atoms with Crippen LogP contribution in [0.3, 0.4) is 0 Å². The minimum absolute atomic E-state index is 0.353. The zero-order chi connectivity index (χ0) is 23.4. The lowest BCUT2D eigenvalue weighted by atomic mass is 10.0. The quantitative estimate of drug-likeness (QED) is 0.131. The number of rotatable bonds is 14. The van der Waals surface area contributed by atoms with Gasteiger partial charge in [-0.05, 0) is 32.2 Å². The minimum atomic E-state index is -1.53. The Kier molecular flexibility index (Phi) is 12.8. The van der Waals surface area contributed by atoms with Gasteiger partial charge in [0.2, 0.25) is 17.7 Å². The standard InChI is InChI=1S/C18H35N5O7/c1-9(2)13(16(27)21-12(8-24)18(29)30)22-17(28)14(10(3)25)23-15(26)11(20)6-4-5-7-19/h9-14,24-25H,4-8,19-20H2,1-3H3,(H,21,27)(H,22,28)(H,23,26)(H,29,30). The van der Waals surface area contributed by atoms with Crippen molar-refractivity contribution in [2.75, 3.05) is 13.2 Å². The molecule has 30 heavy (non-hydrogen) atoms. The van der Waals surface area contributed by atoms with Crippen LogP contribution in [0.4, 0.5) is 0 Å². The van der Waals surface area contributed by atoms with Crippen LogP contribution in [-0.2, 0) is 19.2 Å². The van der Waals surface area contributed by atoms with E-state index in [9.17, 15) is 24.3 Å². The van der Waals surface area contributed by atoms with Crippen molar-refractivity contribution in [1.29, 1.82) is 0 Å². The molecular formula is C18H35N5O7. The van der Waals surface area contributed by atoms with Crippen molar-refractivity contribution in [2.45, 2.75) is 70.3 Å². The predicted octanol–water partition coefficient (Wildman–Crippen LogP) is -2.99. The molecule has 0 aliphatic heterocycles. The van der Waals surface area contributed by atoms with Crippen molar-refractivity contribution in [3.8, 4) is 0 Å². The molecule has 5 atom stereocenters. The van der Waals surface area contributed by atoms with E-state index < -0.39 is 66.5 Å². The molecule has 0 saturated carbocycles. The van der Waals surface area contributed by atoms with Gasteiger partial charge in [-0.25, -0.2) is 4.79 Å². The third-order valence-corrected chi connectivity index (χ3v) is 4.41. The zero-order valence-corrected chi connectivity index (χ0v) is 17.6. The number of carboxylic acids is 1. The van der Waals surface area contributed by atoms with Crippen LogP contribution in [-0.4, -0.2) is 82.4 Å². The third kappa shape index (κ3) is 9.48. The van der Waals surface area contributed by atoms with Crippen molar-refractivity contribution in [3.63, 3.8) is 0 Å². The number of carbonyl (C=O) groups excluding carboxylic acids is 3. The van der Waals surface area contributed by atoms with Crippen LogP contribution >= 0.6 is 0 Å². The largest absolute Gasteiger partial charge is 0.480 e. The number of aliphatic hydroxyl groups excluding tert-OH is 2. The number of amides is 3. The molecule has 0 aliphatic carbocycles. The molecule has 174 valence electrons. The van der Waals surface area contributed by atoms with Crippen LogP contribution in [0.25, 0.3) is 0 Å². The van der Waals surface area contributed by atoms with Gasteiger partial charge in [0.05, 0.1) is 18.8 Å². The monoisotopic (exact) mass is 433 g/mol. The lowest BCUT2D eigenvalue weighted by Crippen LogP contribution is -2.61. The smallest absolute Gasteiger partial charge is 0.328 e. The van der Waals surface area contributed by atoms with Crippen LogP contribution in [0.2, 0.25) is 0 Å². The fourth-order valence-electron chi connectivity index (χ4n) is 2.53. The van der Waals surface area contributed by atoms with E-state index in [0.29, 0.717) is 25.8 Å². The first-order valence-corrected chi connectivity index (χ1v) is 9.84. The summed E-state index contributed by atoms with van der Waals surface area (Å²) < 4.78 is 0. The SMILES string of the molecule is CC(C)C(NC(=O)C(NC(=O)C(N)CCCCN)C(C)O)C(=O)NC(CO)C(=O)O. The molecule has 0 aromatic carbocycles. The van der Waals surface area contributed by atoms with Crippen molar-refractivity contribution >= 4 is 23.7 Å². The van der Waals surface area contributed by atoms with E-state index >= 15 is 0 Å². The molecule has 10 N–H and O–H groups in total. The molecule has 0 heterocycles. The van der Waals surface area contributed by atoms with Gasteiger partial charge in [0.15, 0.2) is 0 Å². The first kappa shape index (κ1) is 27.7. The highest BCUT2D eigenvalue weighted by molar-refractivity contribution is 5.94. The van der Waals surface area contributed by atoms with Crippen LogP contribution in [0.15, 0.2) is 0 Å². The van der Waals surface area contributed by atoms with Gasteiger partial charge in [-0.15, -0.1) is 0 Å². The van der Waals surface area contributed by atoms with Gasteiger partial charge in [-0.3, -0.25) is 14.4 Å². The maximum atomic E-state index is 12.6. The fraction of sp³-hybridized carbons (Fsp3) is 0.778. The fourth-order valence-corrected chi connectivity index (χ4v) is 2.53. The number of aliphatic hydroxyl groups is 2. The molecule has 0 spiro atoms. The van der Waals surface area contributed by atoms with E-state index in [-0.39, 0.29) is 0 Å². The molecular weight excluding hydrogens is 398 g/mol. The lowest BCUT2D eigenvalue weighted by Gasteiger charge is -2.27. The van der Waals surface area contributed by atoms with E-state index in [1.807, 2.05) is 0 Å². The second kappa shape index (κ2) is 13.9. The number of hydrogen-bond acceptors (Lipinski definition) is 8. The summed E-state index contributed by atoms with van der Waals surface area (Å²) in [6.07, 6.45) is 0.385. The van der Waals surface area contributed by atoms with Gasteiger partial charge in [0.25, 0.3) is 0 Å². The average Bonchev–Trinajstić information content (AvgIpc) is 2.66. The third-order valence-electron chi connectivity index (χ3n) is 4.41. The Morgan fingerprint density at radius 3 is 1.87 bits per heavy atom. The Bertz CT molecular complexity index is 585. The first-order chi connectivity index (χ1) is 14.0. The van der Waals surface area contributed by atoms with Gasteiger partial charge < -0.3 is 42.7 Å². The highest BCUT2D eigenvalue weighted by Crippen LogP contribution is 2.06. The Hall–Kier alpha value is -2.28. The summed E-state index contributed by atoms with van der Waals surface area (Å²) in [6, 6.07) is -4.97. The Balaban J connectivity index is 5.16. The van der Waals surface area contributed by atoms with Crippen molar-refractivity contribution in [3.05, 3.63) is 0 Å². The molecule has 0 aliphatic rings. The molecule has 0 radical (unpaired) electrons. The minimum Gasteiger partial charge on any atom is -0.480 e. The van der Waals surface area contributed by atoms with Crippen LogP contribution in [0.5, 0.6) is 0 Å². The molecule has 3 amide bonds. The predicted molar refractivity (Wildman–Crippen MR) is 108 cm³/mol. The van der Waals surface area contributed by atoms with Crippen molar-refractivity contribution in [2.24, 2.45) is 17.4 Å². The maximum absolute atomic E-state index is 12.6. The Morgan fingerprint density at radius 2 is 1.43 bits per heavy atom. The van der Waals surface area contributed by atoms with Crippen LogP contribution < -0.4 is 27.4 Å². The van der Waals surface area contributed by atoms with Gasteiger partial charge in [-0.2, -0.15) is 0 Å². The summed E-state index contributed by atoms with van der Waals surface area (Å²) in [4.78, 5) is 48.2.